The first-order valence-electron chi connectivity index (χ1n) is 3.65. The van der Waals surface area contributed by atoms with Gasteiger partial charge in [-0.25, -0.2) is 0 Å². The van der Waals surface area contributed by atoms with Gasteiger partial charge in [0.25, 0.3) is 0 Å². The molecule has 0 radical (unpaired) electrons. The summed E-state index contributed by atoms with van der Waals surface area (Å²) in [5.74, 6) is 0.689. The smallest absolute Gasteiger partial charge is 0.0396 e. The molecule has 70 valence electrons. The lowest BCUT2D eigenvalue weighted by Crippen LogP contribution is -1.83. The molecule has 0 amide bonds. The third-order valence-corrected chi connectivity index (χ3v) is 3.21. The molecule has 0 fully saturated rings. The first-order chi connectivity index (χ1) is 6.22. The summed E-state index contributed by atoms with van der Waals surface area (Å²) < 4.78 is 0. The Hall–Kier alpha value is -0.310. The van der Waals surface area contributed by atoms with Crippen molar-refractivity contribution in [2.24, 2.45) is 0 Å². The third kappa shape index (κ3) is 3.94. The van der Waals surface area contributed by atoms with Gasteiger partial charge in [-0.05, 0) is 24.3 Å². The van der Waals surface area contributed by atoms with Crippen molar-refractivity contribution in [2.45, 2.75) is 4.90 Å². The topological polar surface area (TPSA) is 26.0 Å². The Bertz CT molecular complexity index is 295. The maximum Gasteiger partial charge on any atom is 0.0396 e. The molecular formula is C9H9Cl2NS. The van der Waals surface area contributed by atoms with Crippen molar-refractivity contribution in [3.8, 4) is 0 Å². The van der Waals surface area contributed by atoms with Gasteiger partial charge in [0.05, 0.1) is 0 Å². The summed E-state index contributed by atoms with van der Waals surface area (Å²) in [6, 6.07) is 7.64. The number of hydrogen-bond donors (Lipinski definition) is 1. The summed E-state index contributed by atoms with van der Waals surface area (Å²) in [6.45, 7) is 0. The van der Waals surface area contributed by atoms with Gasteiger partial charge in [-0.15, -0.1) is 11.8 Å². The minimum atomic E-state index is 0.642. The van der Waals surface area contributed by atoms with Gasteiger partial charge >= 0.3 is 0 Å². The fraction of sp³-hybridized carbons (Fsp3) is 0.111. The Morgan fingerprint density at radius 2 is 2.00 bits per heavy atom. The quantitative estimate of drug-likeness (QED) is 0.637. The Morgan fingerprint density at radius 3 is 2.54 bits per heavy atom. The second-order valence-electron chi connectivity index (χ2n) is 2.41. The third-order valence-electron chi connectivity index (χ3n) is 1.38. The summed E-state index contributed by atoms with van der Waals surface area (Å²) in [5.41, 5.74) is 7.69. The van der Waals surface area contributed by atoms with Crippen LogP contribution in [0.3, 0.4) is 0 Å². The average molecular weight is 234 g/mol. The van der Waals surface area contributed by atoms with Crippen molar-refractivity contribution in [1.82, 2.24) is 0 Å². The van der Waals surface area contributed by atoms with E-state index in [-0.39, 0.29) is 0 Å². The molecule has 0 spiro atoms. The predicted molar refractivity (Wildman–Crippen MR) is 61.4 cm³/mol. The Kier molecular flexibility index (Phi) is 4.50. The Balaban J connectivity index is 2.51. The molecule has 0 aliphatic heterocycles. The first-order valence-corrected chi connectivity index (χ1v) is 5.45. The second-order valence-corrected chi connectivity index (χ2v) is 4.17. The van der Waals surface area contributed by atoms with E-state index < -0.39 is 0 Å². The molecule has 0 saturated heterocycles. The van der Waals surface area contributed by atoms with Crippen molar-refractivity contribution in [3.63, 3.8) is 0 Å². The highest BCUT2D eigenvalue weighted by Crippen LogP contribution is 2.23. The summed E-state index contributed by atoms with van der Waals surface area (Å²) in [5, 5.41) is 0.642. The van der Waals surface area contributed by atoms with E-state index >= 15 is 0 Å². The molecule has 13 heavy (non-hydrogen) atoms. The molecule has 0 bridgehead atoms. The van der Waals surface area contributed by atoms with Crippen LogP contribution in [0, 0.1) is 0 Å². The number of hydrogen-bond acceptors (Lipinski definition) is 2. The number of halogens is 2. The molecule has 1 nitrogen and oxygen atoms in total. The number of rotatable bonds is 3. The highest BCUT2D eigenvalue weighted by atomic mass is 35.5. The zero-order valence-corrected chi connectivity index (χ0v) is 9.16. The normalized spacial score (nSPS) is 11.7. The van der Waals surface area contributed by atoms with E-state index in [1.54, 1.807) is 11.8 Å². The van der Waals surface area contributed by atoms with E-state index in [1.807, 2.05) is 24.3 Å². The molecule has 0 saturated carbocycles. The van der Waals surface area contributed by atoms with E-state index in [1.165, 1.54) is 5.54 Å². The van der Waals surface area contributed by atoms with E-state index in [0.717, 1.165) is 10.6 Å². The van der Waals surface area contributed by atoms with Gasteiger partial charge in [-0.1, -0.05) is 23.2 Å². The molecule has 0 aromatic heterocycles. The van der Waals surface area contributed by atoms with Crippen LogP contribution < -0.4 is 5.73 Å². The lowest BCUT2D eigenvalue weighted by atomic mass is 10.3. The largest absolute Gasteiger partial charge is 0.399 e. The molecule has 0 aliphatic rings. The molecule has 1 rings (SSSR count). The van der Waals surface area contributed by atoms with Gasteiger partial charge in [0.15, 0.2) is 0 Å². The summed E-state index contributed by atoms with van der Waals surface area (Å²) in [4.78, 5) is 1.13. The molecule has 0 unspecified atom stereocenters. The van der Waals surface area contributed by atoms with Crippen molar-refractivity contribution in [1.29, 1.82) is 0 Å². The number of nitrogens with two attached hydrogens (primary N) is 1. The SMILES string of the molecule is Nc1ccc(SCC(Cl)=CCl)cc1. The zero-order valence-electron chi connectivity index (χ0n) is 6.84. The molecule has 0 heterocycles. The lowest BCUT2D eigenvalue weighted by molar-refractivity contribution is 1.46. The molecule has 2 N–H and O–H groups in total. The van der Waals surface area contributed by atoms with Crippen molar-refractivity contribution in [3.05, 3.63) is 34.8 Å². The van der Waals surface area contributed by atoms with Crippen LogP contribution in [-0.2, 0) is 0 Å². The van der Waals surface area contributed by atoms with Crippen molar-refractivity contribution < 1.29 is 0 Å². The number of nitrogen functional groups attached to an aromatic ring is 1. The van der Waals surface area contributed by atoms with Crippen molar-refractivity contribution in [2.75, 3.05) is 11.5 Å². The minimum absolute atomic E-state index is 0.642. The van der Waals surface area contributed by atoms with Crippen LogP contribution >= 0.6 is 35.0 Å². The predicted octanol–water partition coefficient (Wildman–Crippen LogP) is 3.68. The van der Waals surface area contributed by atoms with Crippen LogP contribution in [0.5, 0.6) is 0 Å². The summed E-state index contributed by atoms with van der Waals surface area (Å²) in [7, 11) is 0. The highest BCUT2D eigenvalue weighted by molar-refractivity contribution is 7.99. The lowest BCUT2D eigenvalue weighted by Gasteiger charge is -2.00. The monoisotopic (exact) mass is 233 g/mol. The zero-order chi connectivity index (χ0) is 9.68. The number of thioether (sulfide) groups is 1. The minimum Gasteiger partial charge on any atom is -0.399 e. The maximum absolute atomic E-state index is 5.73. The van der Waals surface area contributed by atoms with Gasteiger partial charge in [0.1, 0.15) is 0 Å². The molecular weight excluding hydrogens is 225 g/mol. The highest BCUT2D eigenvalue weighted by Gasteiger charge is 1.95. The Labute approximate surface area is 91.9 Å². The van der Waals surface area contributed by atoms with E-state index in [4.69, 9.17) is 28.9 Å². The van der Waals surface area contributed by atoms with Crippen LogP contribution in [0.2, 0.25) is 0 Å². The van der Waals surface area contributed by atoms with Gasteiger partial charge in [0, 0.05) is 26.9 Å². The maximum atomic E-state index is 5.73. The van der Waals surface area contributed by atoms with Crippen LogP contribution in [-0.4, -0.2) is 5.75 Å². The molecule has 0 atom stereocenters. The van der Waals surface area contributed by atoms with Crippen LogP contribution in [0.25, 0.3) is 0 Å². The van der Waals surface area contributed by atoms with E-state index in [0.29, 0.717) is 10.8 Å². The van der Waals surface area contributed by atoms with Gasteiger partial charge in [-0.3, -0.25) is 0 Å². The number of benzene rings is 1. The summed E-state index contributed by atoms with van der Waals surface area (Å²) in [6.07, 6.45) is 0. The molecule has 0 aliphatic carbocycles. The Morgan fingerprint density at radius 1 is 1.38 bits per heavy atom. The molecule has 1 aromatic rings. The molecule has 1 aromatic carbocycles. The van der Waals surface area contributed by atoms with Crippen LogP contribution in [0.15, 0.2) is 39.7 Å². The van der Waals surface area contributed by atoms with Gasteiger partial charge < -0.3 is 5.73 Å². The first kappa shape index (κ1) is 10.8. The fourth-order valence-corrected chi connectivity index (χ4v) is 1.80. The molecule has 4 heteroatoms. The standard InChI is InChI=1S/C9H9Cl2NS/c10-5-7(11)6-13-9-3-1-8(12)2-4-9/h1-5H,6,12H2. The van der Waals surface area contributed by atoms with Crippen LogP contribution in [0.1, 0.15) is 0 Å². The van der Waals surface area contributed by atoms with Gasteiger partial charge in [0.2, 0.25) is 0 Å². The van der Waals surface area contributed by atoms with Crippen LogP contribution in [0.4, 0.5) is 5.69 Å². The average Bonchev–Trinajstić information content (AvgIpc) is 2.16. The number of anilines is 1. The fourth-order valence-electron chi connectivity index (χ4n) is 0.748. The van der Waals surface area contributed by atoms with Crippen molar-refractivity contribution >= 4 is 40.7 Å². The van der Waals surface area contributed by atoms with E-state index in [9.17, 15) is 0 Å². The summed E-state index contributed by atoms with van der Waals surface area (Å²) >= 11 is 12.8. The second kappa shape index (κ2) is 5.43. The van der Waals surface area contributed by atoms with Gasteiger partial charge in [-0.2, -0.15) is 0 Å². The van der Waals surface area contributed by atoms with E-state index in [2.05, 4.69) is 0 Å².